The number of halogens is 11. The zero-order valence-corrected chi connectivity index (χ0v) is 90.4. The highest BCUT2D eigenvalue weighted by molar-refractivity contribution is 7.91. The second-order valence-electron chi connectivity index (χ2n) is 40.9. The lowest BCUT2D eigenvalue weighted by molar-refractivity contribution is -0.138. The fourth-order valence-corrected chi connectivity index (χ4v) is 23.6. The first kappa shape index (κ1) is 122. The van der Waals surface area contributed by atoms with Crippen LogP contribution in [0.2, 0.25) is 0 Å². The van der Waals surface area contributed by atoms with Gasteiger partial charge in [0.15, 0.2) is 0 Å². The number of nitrogens with zero attached hydrogens (tertiary/aromatic N) is 5. The second-order valence-corrected chi connectivity index (χ2v) is 51.8. The summed E-state index contributed by atoms with van der Waals surface area (Å²) in [6.07, 6.45) is 6.23. The molecule has 3 heterocycles. The van der Waals surface area contributed by atoms with Gasteiger partial charge in [0.1, 0.15) is 11.6 Å². The van der Waals surface area contributed by atoms with Crippen LogP contribution in [0.15, 0.2) is 91.0 Å². The molecule has 0 bridgehead atoms. The van der Waals surface area contributed by atoms with E-state index in [1.807, 2.05) is 0 Å². The Bertz CT molecular complexity index is 5700. The number of amides is 4. The Morgan fingerprint density at radius 3 is 0.912 bits per heavy atom. The van der Waals surface area contributed by atoms with Crippen LogP contribution in [0, 0.1) is 41.2 Å². The van der Waals surface area contributed by atoms with Gasteiger partial charge in [0, 0.05) is 181 Å². The smallest absolute Gasteiger partial charge is 0.385 e. The number of hydrogen-bond donors (Lipinski definition) is 10. The number of likely N-dealkylation sites (tertiary alicyclic amines) is 2. The highest BCUT2D eigenvalue weighted by Crippen LogP contribution is 2.41. The van der Waals surface area contributed by atoms with Crippen molar-refractivity contribution in [2.75, 3.05) is 156 Å². The van der Waals surface area contributed by atoms with Gasteiger partial charge in [-0.1, -0.05) is 0 Å². The molecule has 4 amide bonds. The third-order valence-corrected chi connectivity index (χ3v) is 36.7. The van der Waals surface area contributed by atoms with Gasteiger partial charge in [-0.3, -0.25) is 19.2 Å². The van der Waals surface area contributed by atoms with E-state index in [1.54, 1.807) is 102 Å². The maximum atomic E-state index is 14.0. The Morgan fingerprint density at radius 2 is 0.619 bits per heavy atom. The minimum absolute atomic E-state index is 0.00231. The van der Waals surface area contributed by atoms with E-state index in [4.69, 9.17) is 4.74 Å². The highest BCUT2D eigenvalue weighted by atomic mass is 32.2. The molecule has 5 aliphatic carbocycles. The van der Waals surface area contributed by atoms with Crippen molar-refractivity contribution in [3.63, 3.8) is 0 Å². The van der Waals surface area contributed by atoms with Crippen molar-refractivity contribution in [1.82, 2.24) is 43.2 Å². The van der Waals surface area contributed by atoms with Gasteiger partial charge in [0.05, 0.1) is 62.8 Å². The summed E-state index contributed by atoms with van der Waals surface area (Å²) in [5, 5.41) is 14.5. The summed E-state index contributed by atoms with van der Waals surface area (Å²) in [6, 6.07) is 19.5. The Hall–Kier alpha value is -8.48. The van der Waals surface area contributed by atoms with E-state index in [2.05, 4.69) is 50.2 Å². The van der Waals surface area contributed by atoms with Crippen LogP contribution in [0.5, 0.6) is 0 Å². The van der Waals surface area contributed by atoms with Gasteiger partial charge < -0.3 is 55.8 Å². The summed E-state index contributed by atoms with van der Waals surface area (Å²) in [5.74, 6) is -0.297. The molecule has 0 spiro atoms. The highest BCUT2D eigenvalue weighted by Gasteiger charge is 2.40. The monoisotopic (exact) mass is 2180 g/mol. The molecular weight excluding hydrogens is 2030 g/mol. The van der Waals surface area contributed by atoms with Crippen LogP contribution in [0.4, 0.5) is 82.4 Å². The standard InChI is InChI=1S/C22H32F3N3O3S.C21H32FN3O3S.2C20H30F3N3O3S.C18H28FN3O3S/c1-15(2)32(30,31)27-19-7-5-16(6-8-19)14-26-20-12-17(11-18(13-20)22(23,24)25)21(29)28-9-3-4-10-28;1-15(2)29(27,28)24-19-7-5-16(6-8-19)14-23-20-12-17(11-18(22)13-20)21(26)25-9-3-4-10-25;1-2-30(27,28)25-16-5-3-15(4-6-16)14-24-17-7-8-18(20(21,22)23)19(13-17)26-9-11-29-12-10-26;1-13(2)30(28,29)25-17-7-5-14(6-8-17)12-24-18-10-15(19(27)26(3)4)9-16(11-18)20(21,22)23;1-4-26(24,25)21-16-7-5-13(6-8-16)12-20-17-10-14(9-15(19)11-17)18(23)22(2)3/h11-13,15-16,19,26-27H,3-10,14H2,1-2H3;11-13,15-16,19,23-24H,3-10,14H2,1-2H3;7-8,13,15-16,24-25H,2-6,9-12,14H2,1H3;9-11,13-14,17,24-25H,5-8,12H2,1-4H3;9-11,13,16,20-21H,4-8,12H2,1-3H3. The predicted molar refractivity (Wildman–Crippen MR) is 554 cm³/mol. The molecule has 46 heteroatoms. The van der Waals surface area contributed by atoms with Gasteiger partial charge in [-0.05, 0) is 330 Å². The number of carbonyl (C=O) groups excluding carboxylic acids is 4. The molecule has 828 valence electrons. The molecule has 3 saturated heterocycles. The van der Waals surface area contributed by atoms with Gasteiger partial charge in [0.25, 0.3) is 23.6 Å². The van der Waals surface area contributed by atoms with Crippen LogP contribution >= 0.6 is 0 Å². The molecule has 0 unspecified atom stereocenters. The van der Waals surface area contributed by atoms with Gasteiger partial charge in [-0.2, -0.15) is 39.5 Å². The van der Waals surface area contributed by atoms with E-state index in [0.717, 1.165) is 172 Å². The van der Waals surface area contributed by atoms with Crippen molar-refractivity contribution in [1.29, 1.82) is 0 Å². The Morgan fingerprint density at radius 1 is 0.347 bits per heavy atom. The first-order valence-electron chi connectivity index (χ1n) is 51.2. The number of carbonyl (C=O) groups is 4. The van der Waals surface area contributed by atoms with Crippen LogP contribution in [-0.2, 0) is 73.4 Å². The summed E-state index contributed by atoms with van der Waals surface area (Å²) < 4.78 is 286. The predicted octanol–water partition coefficient (Wildman–Crippen LogP) is 17.2. The molecule has 8 aliphatic rings. The van der Waals surface area contributed by atoms with Crippen molar-refractivity contribution in [2.45, 2.75) is 274 Å². The molecule has 5 aromatic carbocycles. The largest absolute Gasteiger partial charge is 0.418 e. The van der Waals surface area contributed by atoms with Gasteiger partial charge in [-0.25, -0.2) is 74.5 Å². The summed E-state index contributed by atoms with van der Waals surface area (Å²) in [7, 11) is -9.99. The van der Waals surface area contributed by atoms with Crippen molar-refractivity contribution < 1.29 is 114 Å². The van der Waals surface area contributed by atoms with Crippen LogP contribution < -0.4 is 55.1 Å². The molecule has 8 fully saturated rings. The van der Waals surface area contributed by atoms with E-state index in [0.29, 0.717) is 144 Å². The number of sulfonamides is 5. The minimum atomic E-state index is -4.55. The lowest BCUT2D eigenvalue weighted by Crippen LogP contribution is -2.41. The van der Waals surface area contributed by atoms with Crippen LogP contribution in [0.25, 0.3) is 0 Å². The minimum Gasteiger partial charge on any atom is -0.385 e. The van der Waals surface area contributed by atoms with Crippen LogP contribution in [0.1, 0.15) is 268 Å². The molecule has 0 aromatic heterocycles. The molecule has 5 saturated carbocycles. The fraction of sp³-hybridized carbons (Fsp3) is 0.663. The summed E-state index contributed by atoms with van der Waals surface area (Å²) in [4.78, 5) is 57.1. The van der Waals surface area contributed by atoms with Gasteiger partial charge in [0.2, 0.25) is 50.1 Å². The molecule has 13 rings (SSSR count). The summed E-state index contributed by atoms with van der Waals surface area (Å²) in [6.45, 7) is 20.4. The topological polar surface area (TPSA) is 385 Å². The Labute approximate surface area is 861 Å². The fourth-order valence-electron chi connectivity index (χ4n) is 18.8. The van der Waals surface area contributed by atoms with E-state index < -0.39 is 119 Å². The number of anilines is 6. The Kier molecular flexibility index (Phi) is 45.8. The number of rotatable bonds is 35. The number of alkyl halides is 9. The number of ether oxygens (including phenoxy) is 1. The summed E-state index contributed by atoms with van der Waals surface area (Å²) in [5.41, 5.74) is 0.991. The van der Waals surface area contributed by atoms with E-state index in [-0.39, 0.29) is 99.5 Å². The quantitative estimate of drug-likeness (QED) is 0.0168. The number of benzene rings is 5. The zero-order chi connectivity index (χ0) is 108. The van der Waals surface area contributed by atoms with Crippen molar-refractivity contribution in [3.8, 4) is 0 Å². The summed E-state index contributed by atoms with van der Waals surface area (Å²) >= 11 is 0. The van der Waals surface area contributed by atoms with Gasteiger partial charge in [-0.15, -0.1) is 0 Å². The van der Waals surface area contributed by atoms with E-state index in [9.17, 15) is 110 Å². The van der Waals surface area contributed by atoms with E-state index >= 15 is 0 Å². The normalized spacial score (nSPS) is 21.9. The lowest BCUT2D eigenvalue weighted by atomic mass is 9.86. The third-order valence-electron chi connectivity index (χ3n) is 28.1. The number of nitrogens with one attached hydrogen (secondary N) is 10. The first-order valence-corrected chi connectivity index (χ1v) is 59.2. The van der Waals surface area contributed by atoms with Crippen molar-refractivity contribution in [3.05, 3.63) is 142 Å². The molecule has 0 atom stereocenters. The number of morpholine rings is 1. The molecule has 147 heavy (non-hydrogen) atoms. The maximum Gasteiger partial charge on any atom is 0.418 e. The van der Waals surface area contributed by atoms with Crippen molar-refractivity contribution >= 4 is 108 Å². The second kappa shape index (κ2) is 55.2. The lowest BCUT2D eigenvalue weighted by Gasteiger charge is -2.32. The van der Waals surface area contributed by atoms with E-state index in [1.165, 1.54) is 66.4 Å². The van der Waals surface area contributed by atoms with Crippen LogP contribution in [0.3, 0.4) is 0 Å². The van der Waals surface area contributed by atoms with Gasteiger partial charge >= 0.3 is 18.5 Å². The molecule has 0 radical (unpaired) electrons. The molecule has 5 aromatic rings. The molecular formula is C101H152F11N15O15S5. The zero-order valence-electron chi connectivity index (χ0n) is 86.3. The Balaban J connectivity index is 0.000000205. The molecule has 30 nitrogen and oxygen atoms in total. The first-order chi connectivity index (χ1) is 68.9. The maximum absolute atomic E-state index is 14.0. The number of hydrogen-bond acceptors (Lipinski definition) is 21. The average molecular weight is 2190 g/mol. The van der Waals surface area contributed by atoms with Crippen molar-refractivity contribution in [2.24, 2.45) is 29.6 Å². The van der Waals surface area contributed by atoms with Crippen LogP contribution in [-0.4, -0.2) is 256 Å². The average Bonchev–Trinajstić information content (AvgIpc) is 1.14. The third kappa shape index (κ3) is 39.6. The SMILES string of the molecule is CC(C)S(=O)(=O)NC1CCC(CNc2cc(C(=O)N(C)C)cc(C(F)(F)F)c2)CC1.CC(C)S(=O)(=O)NC1CCC(CNc2cc(C(=O)N3CCCC3)cc(C(F)(F)F)c2)CC1.CC(C)S(=O)(=O)NC1CCC(CNc2cc(F)cc(C(=O)N3CCCC3)c2)CC1.CCS(=O)(=O)NC1CCC(CNc2cc(F)cc(C(=O)N(C)C)c2)CC1.CCS(=O)(=O)NC1CCC(CNc2ccc(C(F)(F)F)c(N3CCOCC3)c2)CC1. The molecule has 3 aliphatic heterocycles. The molecule has 10 N–H and O–H groups in total.